The van der Waals surface area contributed by atoms with Crippen LogP contribution >= 0.6 is 0 Å². The third kappa shape index (κ3) is 53.6. The molecule has 0 aliphatic heterocycles. The van der Waals surface area contributed by atoms with Gasteiger partial charge in [-0.15, -0.1) is 0 Å². The minimum Gasteiger partial charge on any atom is -0.394 e. The van der Waals surface area contributed by atoms with Crippen LogP contribution in [-0.4, -0.2) is 57.3 Å². The molecule has 0 aliphatic rings. The zero-order valence-corrected chi connectivity index (χ0v) is 48.7. The van der Waals surface area contributed by atoms with Crippen LogP contribution in [0.1, 0.15) is 361 Å². The number of aliphatic hydroxyl groups is 4. The Kier molecular flexibility index (Phi) is 59.6. The van der Waals surface area contributed by atoms with Crippen molar-refractivity contribution in [3.63, 3.8) is 0 Å². The summed E-state index contributed by atoms with van der Waals surface area (Å²) in [6.07, 6.45) is 75.7. The van der Waals surface area contributed by atoms with Crippen LogP contribution in [0, 0.1) is 0 Å². The first-order valence-electron chi connectivity index (χ1n) is 32.7. The van der Waals surface area contributed by atoms with Crippen molar-refractivity contribution in [2.75, 3.05) is 6.61 Å². The molecule has 0 rings (SSSR count). The molecule has 0 aromatic heterocycles. The van der Waals surface area contributed by atoms with Crippen molar-refractivity contribution in [1.82, 2.24) is 5.32 Å². The number of carbonyl (C=O) groups is 1. The van der Waals surface area contributed by atoms with Crippen molar-refractivity contribution >= 4 is 5.91 Å². The van der Waals surface area contributed by atoms with Gasteiger partial charge in [-0.25, -0.2) is 0 Å². The maximum Gasteiger partial charge on any atom is 0.249 e. The molecule has 0 aromatic carbocycles. The van der Waals surface area contributed by atoms with Crippen LogP contribution in [0.25, 0.3) is 0 Å². The number of allylic oxidation sites excluding steroid dienone is 4. The van der Waals surface area contributed by atoms with Crippen LogP contribution in [0.3, 0.4) is 0 Å². The molecule has 0 aliphatic carbocycles. The quantitative estimate of drug-likeness (QED) is 0.0308. The lowest BCUT2D eigenvalue weighted by Gasteiger charge is -2.27. The number of carbonyl (C=O) groups excluding carboxylic acids is 1. The van der Waals surface area contributed by atoms with Gasteiger partial charge < -0.3 is 25.7 Å². The fourth-order valence-corrected chi connectivity index (χ4v) is 10.5. The average molecular weight is 1020 g/mol. The predicted octanol–water partition coefficient (Wildman–Crippen LogP) is 19.8. The molecule has 5 N–H and O–H groups in total. The number of rotatable bonds is 61. The highest BCUT2D eigenvalue weighted by Crippen LogP contribution is 2.19. The third-order valence-electron chi connectivity index (χ3n) is 15.6. The van der Waals surface area contributed by atoms with E-state index in [1.54, 1.807) is 0 Å². The minimum atomic E-state index is -1.28. The average Bonchev–Trinajstić information content (AvgIpc) is 3.39. The Morgan fingerprint density at radius 1 is 0.333 bits per heavy atom. The molecule has 0 bridgehead atoms. The molecule has 0 saturated carbocycles. The number of hydrogen-bond donors (Lipinski definition) is 5. The van der Waals surface area contributed by atoms with Gasteiger partial charge in [-0.05, 0) is 64.2 Å². The molecule has 6 heteroatoms. The Morgan fingerprint density at radius 3 is 0.833 bits per heavy atom. The van der Waals surface area contributed by atoms with E-state index in [4.69, 9.17) is 0 Å². The molecule has 0 aromatic rings. The molecule has 0 saturated heterocycles. The maximum absolute atomic E-state index is 12.6. The number of hydrogen-bond acceptors (Lipinski definition) is 5. The highest BCUT2D eigenvalue weighted by Gasteiger charge is 2.28. The van der Waals surface area contributed by atoms with Crippen LogP contribution in [0.4, 0.5) is 0 Å². The second-order valence-electron chi connectivity index (χ2n) is 22.8. The molecule has 0 radical (unpaired) electrons. The Hall–Kier alpha value is -1.21. The van der Waals surface area contributed by atoms with E-state index in [0.717, 1.165) is 38.5 Å². The summed E-state index contributed by atoms with van der Waals surface area (Å²) in [6.45, 7) is 4.09. The Labute approximate surface area is 450 Å². The first-order valence-corrected chi connectivity index (χ1v) is 32.7. The van der Waals surface area contributed by atoms with Crippen LogP contribution in [0.2, 0.25) is 0 Å². The third-order valence-corrected chi connectivity index (χ3v) is 15.6. The second-order valence-corrected chi connectivity index (χ2v) is 22.8. The fraction of sp³-hybridized carbons (Fsp3) is 0.924. The van der Waals surface area contributed by atoms with Gasteiger partial charge in [0.15, 0.2) is 0 Å². The molecule has 1 amide bonds. The van der Waals surface area contributed by atoms with Crippen molar-refractivity contribution in [1.29, 1.82) is 0 Å². The standard InChI is InChI=1S/C66H129NO5/c1-3-5-7-9-11-13-15-17-19-21-23-25-27-29-30-31-32-33-34-36-38-40-42-44-46-48-50-52-54-56-58-60-64(70)66(72)67-62(61-68)65(71)63(69)59-57-55-53-51-49-47-45-43-41-39-37-35-28-26-24-22-20-18-16-14-12-10-8-6-4-2/h29-30,51,53,62-65,68-71H,3-28,31-50,52,54-61H2,1-2H3,(H,67,72)/b30-29-,53-51+. The van der Waals surface area contributed by atoms with Gasteiger partial charge in [0.05, 0.1) is 18.8 Å². The van der Waals surface area contributed by atoms with Crippen molar-refractivity contribution in [3.05, 3.63) is 24.3 Å². The van der Waals surface area contributed by atoms with Crippen molar-refractivity contribution < 1.29 is 25.2 Å². The molecule has 0 heterocycles. The van der Waals surface area contributed by atoms with Crippen LogP contribution in [-0.2, 0) is 4.79 Å². The van der Waals surface area contributed by atoms with Gasteiger partial charge in [0.1, 0.15) is 12.2 Å². The first-order chi connectivity index (χ1) is 35.5. The smallest absolute Gasteiger partial charge is 0.249 e. The van der Waals surface area contributed by atoms with Gasteiger partial charge in [-0.2, -0.15) is 0 Å². The van der Waals surface area contributed by atoms with Gasteiger partial charge in [-0.3, -0.25) is 4.79 Å². The number of aliphatic hydroxyl groups excluding tert-OH is 4. The van der Waals surface area contributed by atoms with Crippen molar-refractivity contribution in [3.8, 4) is 0 Å². The molecular formula is C66H129NO5. The normalized spacial score (nSPS) is 13.7. The Balaban J connectivity index is 3.58. The van der Waals surface area contributed by atoms with E-state index in [0.29, 0.717) is 12.8 Å². The highest BCUT2D eigenvalue weighted by molar-refractivity contribution is 5.80. The van der Waals surface area contributed by atoms with E-state index in [1.165, 1.54) is 295 Å². The molecule has 72 heavy (non-hydrogen) atoms. The SMILES string of the molecule is CCCCCCCCCCCCCC/C=C\CCCCCCCCCCCCCCCCCC(O)C(=O)NC(CO)C(O)C(O)CCC/C=C/CCCCCCCCCCCCCCCCCCCCCC. The van der Waals surface area contributed by atoms with E-state index < -0.39 is 36.9 Å². The number of unbranched alkanes of at least 4 members (excludes halogenated alkanes) is 48. The van der Waals surface area contributed by atoms with Gasteiger partial charge in [-0.1, -0.05) is 321 Å². The Bertz CT molecular complexity index is 1100. The zero-order chi connectivity index (χ0) is 52.3. The van der Waals surface area contributed by atoms with Crippen LogP contribution in [0.5, 0.6) is 0 Å². The lowest BCUT2D eigenvalue weighted by atomic mass is 10.00. The van der Waals surface area contributed by atoms with Crippen molar-refractivity contribution in [2.24, 2.45) is 0 Å². The molecule has 0 spiro atoms. The minimum absolute atomic E-state index is 0.366. The maximum atomic E-state index is 12.6. The summed E-state index contributed by atoms with van der Waals surface area (Å²) < 4.78 is 0. The summed E-state index contributed by atoms with van der Waals surface area (Å²) in [5.74, 6) is -0.587. The summed E-state index contributed by atoms with van der Waals surface area (Å²) in [5.41, 5.74) is 0. The predicted molar refractivity (Wildman–Crippen MR) is 316 cm³/mol. The number of amides is 1. The van der Waals surface area contributed by atoms with Crippen molar-refractivity contribution in [2.45, 2.75) is 385 Å². The van der Waals surface area contributed by atoms with Crippen LogP contribution in [0.15, 0.2) is 24.3 Å². The van der Waals surface area contributed by atoms with E-state index in [9.17, 15) is 25.2 Å². The molecular weight excluding hydrogens is 887 g/mol. The van der Waals surface area contributed by atoms with Gasteiger partial charge in [0.25, 0.3) is 0 Å². The lowest BCUT2D eigenvalue weighted by Crippen LogP contribution is -2.53. The van der Waals surface area contributed by atoms with E-state index >= 15 is 0 Å². The van der Waals surface area contributed by atoms with E-state index in [1.807, 2.05) is 0 Å². The van der Waals surface area contributed by atoms with Gasteiger partial charge >= 0.3 is 0 Å². The zero-order valence-electron chi connectivity index (χ0n) is 48.7. The summed E-state index contributed by atoms with van der Waals surface area (Å²) in [6, 6.07) is -1.00. The summed E-state index contributed by atoms with van der Waals surface area (Å²) >= 11 is 0. The molecule has 6 nitrogen and oxygen atoms in total. The van der Waals surface area contributed by atoms with E-state index in [2.05, 4.69) is 43.5 Å². The topological polar surface area (TPSA) is 110 Å². The molecule has 428 valence electrons. The molecule has 0 fully saturated rings. The lowest BCUT2D eigenvalue weighted by molar-refractivity contribution is -0.132. The fourth-order valence-electron chi connectivity index (χ4n) is 10.5. The summed E-state index contributed by atoms with van der Waals surface area (Å²) in [5, 5.41) is 44.1. The Morgan fingerprint density at radius 2 is 0.569 bits per heavy atom. The summed E-state index contributed by atoms with van der Waals surface area (Å²) in [4.78, 5) is 12.6. The monoisotopic (exact) mass is 1020 g/mol. The largest absolute Gasteiger partial charge is 0.394 e. The molecule has 4 unspecified atom stereocenters. The first kappa shape index (κ1) is 70.8. The number of nitrogens with one attached hydrogen (secondary N) is 1. The second kappa shape index (κ2) is 60.7. The van der Waals surface area contributed by atoms with E-state index in [-0.39, 0.29) is 0 Å². The highest BCUT2D eigenvalue weighted by atomic mass is 16.3. The molecule has 4 atom stereocenters. The summed E-state index contributed by atoms with van der Waals surface area (Å²) in [7, 11) is 0. The van der Waals surface area contributed by atoms with Gasteiger partial charge in [0.2, 0.25) is 5.91 Å². The van der Waals surface area contributed by atoms with Gasteiger partial charge in [0, 0.05) is 0 Å². The van der Waals surface area contributed by atoms with Crippen LogP contribution < -0.4 is 5.32 Å².